The molecule has 1 heterocycles. The second kappa shape index (κ2) is 7.28. The van der Waals surface area contributed by atoms with Crippen LogP contribution in [0.15, 0.2) is 35.7 Å². The molecule has 25 heavy (non-hydrogen) atoms. The lowest BCUT2D eigenvalue weighted by atomic mass is 10.1. The van der Waals surface area contributed by atoms with Gasteiger partial charge >= 0.3 is 0 Å². The fraction of sp³-hybridized carbons (Fsp3) is 0.353. The summed E-state index contributed by atoms with van der Waals surface area (Å²) < 4.78 is 26.0. The van der Waals surface area contributed by atoms with Crippen LogP contribution in [-0.2, 0) is 14.8 Å². The minimum atomic E-state index is -3.77. The first-order chi connectivity index (χ1) is 11.6. The van der Waals surface area contributed by atoms with Gasteiger partial charge in [-0.15, -0.1) is 0 Å². The molecule has 2 rings (SSSR count). The molecule has 0 aromatic heterocycles. The zero-order valence-electron chi connectivity index (χ0n) is 14.1. The predicted molar refractivity (Wildman–Crippen MR) is 92.4 cm³/mol. The maximum absolute atomic E-state index is 12.2. The monoisotopic (exact) mass is 364 g/mol. The molecular formula is C17H20N2O5S. The van der Waals surface area contributed by atoms with Gasteiger partial charge in [0, 0.05) is 11.4 Å². The zero-order chi connectivity index (χ0) is 18.8. The molecule has 0 spiro atoms. The van der Waals surface area contributed by atoms with Gasteiger partial charge in [-0.2, -0.15) is 0 Å². The van der Waals surface area contributed by atoms with E-state index in [1.807, 2.05) is 0 Å². The number of hydrogen-bond acceptors (Lipinski definition) is 5. The zero-order valence-corrected chi connectivity index (χ0v) is 14.9. The second-order valence-electron chi connectivity index (χ2n) is 5.94. The van der Waals surface area contributed by atoms with Crippen LogP contribution in [0.25, 0.3) is 0 Å². The number of carbonyl (C=O) groups is 3. The van der Waals surface area contributed by atoms with Gasteiger partial charge in [0.2, 0.25) is 10.0 Å². The topological polar surface area (TPSA) is 101 Å². The normalized spacial score (nSPS) is 15.2. The molecule has 0 saturated heterocycles. The summed E-state index contributed by atoms with van der Waals surface area (Å²) in [6, 6.07) is 5.64. The van der Waals surface area contributed by atoms with Gasteiger partial charge in [-0.05, 0) is 38.8 Å². The molecule has 1 N–H and O–H groups in total. The van der Waals surface area contributed by atoms with Gasteiger partial charge < -0.3 is 0 Å². The molecule has 1 aromatic rings. The lowest BCUT2D eigenvalue weighted by Crippen LogP contribution is -2.40. The number of sulfonamides is 1. The molecular weight excluding hydrogens is 344 g/mol. The number of benzene rings is 1. The molecule has 2 amide bonds. The molecule has 0 radical (unpaired) electrons. The Hall–Kier alpha value is -2.32. The van der Waals surface area contributed by atoms with Crippen molar-refractivity contribution in [3.63, 3.8) is 0 Å². The van der Waals surface area contributed by atoms with Gasteiger partial charge in [-0.1, -0.05) is 18.7 Å². The van der Waals surface area contributed by atoms with Gasteiger partial charge in [0.1, 0.15) is 5.78 Å². The number of ketones is 1. The van der Waals surface area contributed by atoms with E-state index in [1.165, 1.54) is 13.8 Å². The van der Waals surface area contributed by atoms with Crippen molar-refractivity contribution in [1.29, 1.82) is 0 Å². The maximum atomic E-state index is 12.2. The molecule has 0 unspecified atom stereocenters. The smallest absolute Gasteiger partial charge is 0.261 e. The molecule has 7 nitrogen and oxygen atoms in total. The van der Waals surface area contributed by atoms with Crippen molar-refractivity contribution in [1.82, 2.24) is 9.62 Å². The van der Waals surface area contributed by atoms with Crippen LogP contribution < -0.4 is 4.72 Å². The minimum absolute atomic E-state index is 0.0842. The van der Waals surface area contributed by atoms with E-state index in [-0.39, 0.29) is 35.5 Å². The Kier molecular flexibility index (Phi) is 5.54. The minimum Gasteiger partial charge on any atom is -0.298 e. The molecule has 1 aliphatic rings. The average Bonchev–Trinajstić information content (AvgIpc) is 2.78. The van der Waals surface area contributed by atoms with Crippen LogP contribution in [0.2, 0.25) is 0 Å². The highest BCUT2D eigenvalue weighted by Gasteiger charge is 2.34. The number of imide groups is 1. The number of nitrogens with one attached hydrogen (secondary N) is 1. The molecule has 0 saturated carbocycles. The van der Waals surface area contributed by atoms with Gasteiger partial charge in [-0.3, -0.25) is 19.3 Å². The SMILES string of the molecule is C=C(C)S(=O)(=O)N[C@H](CCCN1C(=O)c2ccccc2C1=O)C(C)=O. The lowest BCUT2D eigenvalue weighted by molar-refractivity contribution is -0.118. The number of carbonyl (C=O) groups excluding carboxylic acids is 3. The molecule has 0 aliphatic carbocycles. The molecule has 0 bridgehead atoms. The van der Waals surface area contributed by atoms with E-state index >= 15 is 0 Å². The molecule has 0 fully saturated rings. The molecule has 1 aromatic carbocycles. The highest BCUT2D eigenvalue weighted by atomic mass is 32.2. The summed E-state index contributed by atoms with van der Waals surface area (Å²) in [6.07, 6.45) is 0.476. The highest BCUT2D eigenvalue weighted by Crippen LogP contribution is 2.22. The van der Waals surface area contributed by atoms with Crippen molar-refractivity contribution in [2.45, 2.75) is 32.7 Å². The first-order valence-electron chi connectivity index (χ1n) is 7.78. The standard InChI is InChI=1S/C17H20N2O5S/c1-11(2)25(23,24)18-15(12(3)20)9-6-10-19-16(21)13-7-4-5-8-14(13)17(19)22/h4-5,7-8,15,18H,1,6,9-10H2,2-3H3/t15-/m1/s1. The fourth-order valence-electron chi connectivity index (χ4n) is 2.53. The summed E-state index contributed by atoms with van der Waals surface area (Å²) in [4.78, 5) is 37.2. The number of Topliss-reactive ketones (excluding diaryl/α,β-unsaturated/α-hetero) is 1. The first kappa shape index (κ1) is 19.0. The van der Waals surface area contributed by atoms with Crippen molar-refractivity contribution < 1.29 is 22.8 Å². The Bertz CT molecular complexity index is 809. The van der Waals surface area contributed by atoms with Crippen LogP contribution in [0.4, 0.5) is 0 Å². The Morgan fingerprint density at radius 1 is 1.16 bits per heavy atom. The number of rotatable bonds is 8. The Labute approximate surface area is 146 Å². The second-order valence-corrected chi connectivity index (χ2v) is 7.88. The number of hydrogen-bond donors (Lipinski definition) is 1. The first-order valence-corrected chi connectivity index (χ1v) is 9.27. The number of fused-ring (bicyclic) bond motifs is 1. The van der Waals surface area contributed by atoms with Crippen molar-refractivity contribution in [2.75, 3.05) is 6.54 Å². The van der Waals surface area contributed by atoms with Gasteiger partial charge in [-0.25, -0.2) is 13.1 Å². The Morgan fingerprint density at radius 2 is 1.68 bits per heavy atom. The summed E-state index contributed by atoms with van der Waals surface area (Å²) in [7, 11) is -3.77. The Balaban J connectivity index is 2.00. The van der Waals surface area contributed by atoms with Crippen molar-refractivity contribution in [3.05, 3.63) is 46.9 Å². The highest BCUT2D eigenvalue weighted by molar-refractivity contribution is 7.93. The summed E-state index contributed by atoms with van der Waals surface area (Å²) >= 11 is 0. The third-order valence-corrected chi connectivity index (χ3v) is 5.51. The van der Waals surface area contributed by atoms with E-state index in [9.17, 15) is 22.8 Å². The van der Waals surface area contributed by atoms with Gasteiger partial charge in [0.25, 0.3) is 11.8 Å². The number of allylic oxidation sites excluding steroid dienone is 1. The van der Waals surface area contributed by atoms with E-state index < -0.39 is 16.1 Å². The molecule has 134 valence electrons. The van der Waals surface area contributed by atoms with E-state index in [0.717, 1.165) is 4.90 Å². The fourth-order valence-corrected chi connectivity index (χ4v) is 3.39. The summed E-state index contributed by atoms with van der Waals surface area (Å²) in [6.45, 7) is 6.10. The number of nitrogens with zero attached hydrogens (tertiary/aromatic N) is 1. The van der Waals surface area contributed by atoms with Crippen molar-refractivity contribution >= 4 is 27.6 Å². The molecule has 1 aliphatic heterocycles. The summed E-state index contributed by atoms with van der Waals surface area (Å²) in [5.74, 6) is -1.09. The van der Waals surface area contributed by atoms with Crippen molar-refractivity contribution in [3.8, 4) is 0 Å². The lowest BCUT2D eigenvalue weighted by Gasteiger charge is -2.18. The van der Waals surface area contributed by atoms with Crippen molar-refractivity contribution in [2.24, 2.45) is 0 Å². The van der Waals surface area contributed by atoms with Crippen LogP contribution >= 0.6 is 0 Å². The quantitative estimate of drug-likeness (QED) is 0.704. The van der Waals surface area contributed by atoms with Crippen LogP contribution in [-0.4, -0.2) is 43.5 Å². The van der Waals surface area contributed by atoms with Crippen LogP contribution in [0.5, 0.6) is 0 Å². The summed E-state index contributed by atoms with van der Waals surface area (Å²) in [5, 5.41) is 0. The maximum Gasteiger partial charge on any atom is 0.261 e. The third-order valence-electron chi connectivity index (χ3n) is 4.00. The van der Waals surface area contributed by atoms with Crippen LogP contribution in [0.1, 0.15) is 47.4 Å². The largest absolute Gasteiger partial charge is 0.298 e. The average molecular weight is 364 g/mol. The molecule has 8 heteroatoms. The summed E-state index contributed by atoms with van der Waals surface area (Å²) in [5.41, 5.74) is 0.720. The Morgan fingerprint density at radius 3 is 2.12 bits per heavy atom. The third kappa shape index (κ3) is 4.02. The van der Waals surface area contributed by atoms with E-state index in [0.29, 0.717) is 17.5 Å². The van der Waals surface area contributed by atoms with Crippen LogP contribution in [0.3, 0.4) is 0 Å². The van der Waals surface area contributed by atoms with Gasteiger partial charge in [0.05, 0.1) is 17.2 Å². The van der Waals surface area contributed by atoms with Crippen LogP contribution in [0, 0.1) is 0 Å². The van der Waals surface area contributed by atoms with Gasteiger partial charge in [0.15, 0.2) is 0 Å². The van der Waals surface area contributed by atoms with E-state index in [4.69, 9.17) is 0 Å². The molecule has 1 atom stereocenters. The predicted octanol–water partition coefficient (Wildman–Crippen LogP) is 1.47. The van der Waals surface area contributed by atoms with E-state index in [2.05, 4.69) is 11.3 Å². The number of amides is 2. The van der Waals surface area contributed by atoms with E-state index in [1.54, 1.807) is 24.3 Å².